The maximum absolute atomic E-state index is 5.66. The maximum atomic E-state index is 5.66. The molecule has 12 aromatic rings. The molecule has 0 radical (unpaired) electrons. The van der Waals surface area contributed by atoms with Crippen molar-refractivity contribution in [2.45, 2.75) is 113 Å². The topological polar surface area (TPSA) is 431 Å². The molecule has 16 rings (SSSR count). The summed E-state index contributed by atoms with van der Waals surface area (Å²) < 4.78 is 31.8. The highest BCUT2D eigenvalue weighted by atomic mass is 79.9. The molecule has 2 unspecified atom stereocenters. The first-order valence-electron chi connectivity index (χ1n) is 35.9. The molecule has 4 fully saturated rings. The van der Waals surface area contributed by atoms with Gasteiger partial charge in [-0.1, -0.05) is 20.8 Å². The van der Waals surface area contributed by atoms with Gasteiger partial charge in [0, 0.05) is 155 Å². The maximum Gasteiger partial charge on any atom is 0.228 e. The second-order valence-corrected chi connectivity index (χ2v) is 27.8. The van der Waals surface area contributed by atoms with Gasteiger partial charge in [0.2, 0.25) is 47.6 Å². The van der Waals surface area contributed by atoms with Crippen molar-refractivity contribution in [1.82, 2.24) is 118 Å². The van der Waals surface area contributed by atoms with Gasteiger partial charge in [-0.15, -0.1) is 0 Å². The van der Waals surface area contributed by atoms with E-state index in [2.05, 4.69) is 172 Å². The van der Waals surface area contributed by atoms with Crippen LogP contribution < -0.4 is 42.5 Å². The van der Waals surface area contributed by atoms with Crippen molar-refractivity contribution in [3.8, 4) is 45.0 Å². The number of rotatable bonds is 15. The Hall–Kier alpha value is -10.3. The number of nitrogen functional groups attached to an aromatic ring is 4. The second kappa shape index (κ2) is 33.2. The third kappa shape index (κ3) is 16.2. The van der Waals surface area contributed by atoms with Crippen molar-refractivity contribution in [2.75, 3.05) is 148 Å². The lowest BCUT2D eigenvalue weighted by atomic mass is 10.2. The van der Waals surface area contributed by atoms with Gasteiger partial charge < -0.3 is 79.8 Å². The van der Waals surface area contributed by atoms with E-state index in [1.165, 1.54) is 0 Å². The van der Waals surface area contributed by atoms with Gasteiger partial charge in [0.15, 0.2) is 32.1 Å². The van der Waals surface area contributed by atoms with Gasteiger partial charge in [0.25, 0.3) is 0 Å². The van der Waals surface area contributed by atoms with Crippen LogP contribution in [0.15, 0.2) is 59.0 Å². The Morgan fingerprint density at radius 2 is 0.607 bits per heavy atom. The number of anilines is 8. The monoisotopic (exact) mass is 1590 g/mol. The van der Waals surface area contributed by atoms with Crippen molar-refractivity contribution in [2.24, 2.45) is 0 Å². The minimum atomic E-state index is 0.192. The highest BCUT2D eigenvalue weighted by Gasteiger charge is 2.29. The zero-order valence-electron chi connectivity index (χ0n) is 61.6. The molecule has 16 heterocycles. The average Bonchev–Trinajstić information content (AvgIpc) is 1.65. The fraction of sp³-hybridized carbons (Fsp3) is 0.478. The van der Waals surface area contributed by atoms with Crippen LogP contribution in [-0.2, 0) is 25.4 Å². The van der Waals surface area contributed by atoms with Gasteiger partial charge in [-0.2, -0.15) is 19.9 Å². The third-order valence-corrected chi connectivity index (χ3v) is 19.8. The predicted molar refractivity (Wildman–Crippen MR) is 415 cm³/mol. The Balaban J connectivity index is 0.000000126. The lowest BCUT2D eigenvalue weighted by Gasteiger charge is -2.27. The fourth-order valence-corrected chi connectivity index (χ4v) is 14.2. The Labute approximate surface area is 633 Å². The van der Waals surface area contributed by atoms with E-state index in [0.29, 0.717) is 104 Å². The van der Waals surface area contributed by atoms with Crippen LogP contribution in [0.25, 0.3) is 89.7 Å². The molecule has 562 valence electrons. The van der Waals surface area contributed by atoms with Gasteiger partial charge in [0.05, 0.1) is 52.9 Å². The molecule has 0 aliphatic carbocycles. The summed E-state index contributed by atoms with van der Waals surface area (Å²) in [5.74, 6) is 5.51. The van der Waals surface area contributed by atoms with Crippen LogP contribution in [0.2, 0.25) is 0 Å². The molecule has 107 heavy (non-hydrogen) atoms. The standard InChI is InChI=1S/2C18H24N8O.C17H21BrN8O.C16H19BrN8O/c1-4-11(2)26-12(3)22-15-14(13-9-20-17(19)21-10-13)23-18(24-16(15)26)25-5-7-27-8-6-25;1-4-13-22-15-14(12-9-20-17(19)21-10-12)23-18(25-5-7-27-8-6-25)24-16(15)26(13)11(2)3;1-3-10(2)26-14-13(22-15(26)18)12(11-8-20-16(19)21-9-11)23-17(24-14)25-4-6-27-7-5-25;1-9(2)25-13-12(21-14(25)17)11(10-7-19-15(18)20-8-10)22-16(23-13)24-3-5-26-6-4-24/h2*9-11H,4-8H2,1-3H3,(H2,19,20,21);8-10H,3-7H2,1-2H3,(H2,19,20,21);7-9H,3-6H2,1-2H3,(H2,18,19,20). The number of nitrogens with two attached hydrogens (primary N) is 4. The minimum Gasteiger partial charge on any atom is -0.378 e. The molecule has 2 atom stereocenters. The summed E-state index contributed by atoms with van der Waals surface area (Å²) in [5.41, 5.74) is 34.7. The molecule has 0 bridgehead atoms. The molecule has 36 nitrogen and oxygen atoms in total. The smallest absolute Gasteiger partial charge is 0.228 e. The van der Waals surface area contributed by atoms with E-state index in [9.17, 15) is 0 Å². The van der Waals surface area contributed by atoms with Crippen LogP contribution in [0.3, 0.4) is 0 Å². The molecule has 4 aliphatic rings. The molecule has 12 aromatic heterocycles. The third-order valence-electron chi connectivity index (χ3n) is 18.6. The second-order valence-electron chi connectivity index (χ2n) is 26.4. The molecule has 0 spiro atoms. The quantitative estimate of drug-likeness (QED) is 0.0700. The van der Waals surface area contributed by atoms with Gasteiger partial charge in [-0.05, 0) is 93.2 Å². The molecule has 0 saturated carbocycles. The van der Waals surface area contributed by atoms with Crippen LogP contribution in [0.1, 0.15) is 111 Å². The summed E-state index contributed by atoms with van der Waals surface area (Å²) in [6.07, 6.45) is 16.2. The number of halogens is 2. The van der Waals surface area contributed by atoms with Crippen LogP contribution in [0, 0.1) is 6.92 Å². The summed E-state index contributed by atoms with van der Waals surface area (Å²) in [7, 11) is 0. The van der Waals surface area contributed by atoms with E-state index in [1.807, 2.05) is 11.5 Å². The van der Waals surface area contributed by atoms with E-state index >= 15 is 0 Å². The van der Waals surface area contributed by atoms with E-state index in [1.54, 1.807) is 49.6 Å². The van der Waals surface area contributed by atoms with Crippen LogP contribution in [0.5, 0.6) is 0 Å². The summed E-state index contributed by atoms with van der Waals surface area (Å²) in [5, 5.41) is 0. The number of aromatic nitrogens is 24. The normalized spacial score (nSPS) is 15.6. The highest BCUT2D eigenvalue weighted by Crippen LogP contribution is 2.37. The molecular formula is C69H88Br2N32O4. The van der Waals surface area contributed by atoms with Gasteiger partial charge in [-0.25, -0.2) is 79.7 Å². The number of fused-ring (bicyclic) bond motifs is 4. The fourth-order valence-electron chi connectivity index (χ4n) is 12.7. The summed E-state index contributed by atoms with van der Waals surface area (Å²) in [6, 6.07) is 0.968. The molecule has 38 heteroatoms. The molecule has 0 amide bonds. The van der Waals surface area contributed by atoms with Crippen molar-refractivity contribution in [1.29, 1.82) is 0 Å². The summed E-state index contributed by atoms with van der Waals surface area (Å²) in [4.78, 5) is 99.1. The number of morpholine rings is 4. The van der Waals surface area contributed by atoms with Crippen molar-refractivity contribution in [3.05, 3.63) is 70.7 Å². The number of hydrogen-bond donors (Lipinski definition) is 4. The van der Waals surface area contributed by atoms with Gasteiger partial charge in [0.1, 0.15) is 56.5 Å². The zero-order valence-corrected chi connectivity index (χ0v) is 64.8. The van der Waals surface area contributed by atoms with Crippen LogP contribution in [-0.4, -0.2) is 223 Å². The highest BCUT2D eigenvalue weighted by molar-refractivity contribution is 9.10. The predicted octanol–water partition coefficient (Wildman–Crippen LogP) is 8.31. The zero-order chi connectivity index (χ0) is 75.2. The lowest BCUT2D eigenvalue weighted by molar-refractivity contribution is 0.122. The summed E-state index contributed by atoms with van der Waals surface area (Å²) >= 11 is 7.14. The minimum absolute atomic E-state index is 0.192. The Kier molecular flexibility index (Phi) is 23.3. The van der Waals surface area contributed by atoms with Crippen molar-refractivity contribution >= 4 is 124 Å². The van der Waals surface area contributed by atoms with E-state index in [0.717, 1.165) is 155 Å². The van der Waals surface area contributed by atoms with E-state index < -0.39 is 0 Å². The molecule has 4 aliphatic heterocycles. The molecule has 8 N–H and O–H groups in total. The first-order valence-corrected chi connectivity index (χ1v) is 37.5. The van der Waals surface area contributed by atoms with Crippen molar-refractivity contribution in [3.63, 3.8) is 0 Å². The number of nitrogens with zero attached hydrogens (tertiary/aromatic N) is 28. The van der Waals surface area contributed by atoms with E-state index in [-0.39, 0.29) is 48.0 Å². The summed E-state index contributed by atoms with van der Waals surface area (Å²) in [6.45, 7) is 32.6. The SMILES string of the molecule is CC(C)n1c(Br)nc2c(-c3cnc(N)nc3)nc(N3CCOCC3)nc21.CCC(C)n1c(Br)nc2c(-c3cnc(N)nc3)nc(N3CCOCC3)nc21.CCC(C)n1c(C)nc2c(-c3cnc(N)nc3)nc(N3CCOCC3)nc21.CCc1nc2c(-c3cnc(N)nc3)nc(N3CCOCC3)nc2n1C(C)C. The van der Waals surface area contributed by atoms with Gasteiger partial charge >= 0.3 is 0 Å². The first-order chi connectivity index (χ1) is 51.8. The lowest BCUT2D eigenvalue weighted by Crippen LogP contribution is -2.37. The van der Waals surface area contributed by atoms with Crippen LogP contribution in [0.4, 0.5) is 47.6 Å². The number of imidazole rings is 4. The first kappa shape index (κ1) is 75.0. The average molecular weight is 1590 g/mol. The number of aryl methyl sites for hydroxylation is 2. The van der Waals surface area contributed by atoms with E-state index in [4.69, 9.17) is 96.7 Å². The number of ether oxygens (including phenoxy) is 4. The van der Waals surface area contributed by atoms with Crippen LogP contribution >= 0.6 is 31.9 Å². The Morgan fingerprint density at radius 3 is 0.907 bits per heavy atom. The van der Waals surface area contributed by atoms with Gasteiger partial charge in [-0.3, -0.25) is 0 Å². The Morgan fingerprint density at radius 1 is 0.346 bits per heavy atom. The molecule has 4 saturated heterocycles. The number of hydrogen-bond acceptors (Lipinski definition) is 32. The Bertz CT molecular complexity index is 4880. The molecular weight excluding hydrogens is 1500 g/mol. The van der Waals surface area contributed by atoms with Crippen molar-refractivity contribution < 1.29 is 18.9 Å². The molecule has 0 aromatic carbocycles. The largest absolute Gasteiger partial charge is 0.378 e.